The maximum Gasteiger partial charge on any atom is 0.222 e. The van der Waals surface area contributed by atoms with Gasteiger partial charge in [0.2, 0.25) is 5.91 Å². The van der Waals surface area contributed by atoms with Crippen LogP contribution in [0, 0.1) is 5.92 Å². The molecule has 1 amide bonds. The van der Waals surface area contributed by atoms with Crippen LogP contribution < -0.4 is 19.5 Å². The van der Waals surface area contributed by atoms with Crippen LogP contribution in [-0.2, 0) is 17.8 Å². The van der Waals surface area contributed by atoms with Crippen molar-refractivity contribution in [2.24, 2.45) is 5.92 Å². The van der Waals surface area contributed by atoms with Crippen molar-refractivity contribution in [3.05, 3.63) is 53.1 Å². The van der Waals surface area contributed by atoms with E-state index in [1.54, 1.807) is 21.3 Å². The zero-order valence-corrected chi connectivity index (χ0v) is 19.4. The molecule has 0 radical (unpaired) electrons. The lowest BCUT2D eigenvalue weighted by Crippen LogP contribution is -2.48. The molecule has 0 fully saturated rings. The van der Waals surface area contributed by atoms with Crippen molar-refractivity contribution in [3.8, 4) is 17.2 Å². The maximum atomic E-state index is 12.5. The predicted molar refractivity (Wildman–Crippen MR) is 122 cm³/mol. The average molecular weight is 427 g/mol. The molecule has 168 valence electrons. The minimum atomic E-state index is -0.0716. The Morgan fingerprint density at radius 2 is 1.77 bits per heavy atom. The Hall–Kier alpha value is -2.73. The lowest BCUT2D eigenvalue weighted by Gasteiger charge is -2.41. The topological polar surface area (TPSA) is 60.0 Å². The first-order chi connectivity index (χ1) is 14.9. The summed E-state index contributed by atoms with van der Waals surface area (Å²) >= 11 is 0. The molecule has 1 heterocycles. The fraction of sp³-hybridized carbons (Fsp3) is 0.480. The Balaban J connectivity index is 1.99. The van der Waals surface area contributed by atoms with Gasteiger partial charge in [-0.05, 0) is 54.3 Å². The molecule has 0 bridgehead atoms. The van der Waals surface area contributed by atoms with Gasteiger partial charge in [-0.3, -0.25) is 9.69 Å². The lowest BCUT2D eigenvalue weighted by molar-refractivity contribution is -0.125. The van der Waals surface area contributed by atoms with Crippen LogP contribution in [-0.4, -0.2) is 44.7 Å². The minimum Gasteiger partial charge on any atom is -0.497 e. The molecule has 31 heavy (non-hydrogen) atoms. The van der Waals surface area contributed by atoms with Crippen LogP contribution in [0.3, 0.4) is 0 Å². The molecule has 0 saturated heterocycles. The number of rotatable bonds is 8. The van der Waals surface area contributed by atoms with Gasteiger partial charge >= 0.3 is 0 Å². The van der Waals surface area contributed by atoms with Gasteiger partial charge in [0.25, 0.3) is 0 Å². The highest BCUT2D eigenvalue weighted by molar-refractivity contribution is 5.78. The van der Waals surface area contributed by atoms with Gasteiger partial charge in [0.1, 0.15) is 5.75 Å². The third-order valence-electron chi connectivity index (χ3n) is 5.91. The molecule has 6 nitrogen and oxygen atoms in total. The van der Waals surface area contributed by atoms with Crippen LogP contribution >= 0.6 is 0 Å². The number of amides is 1. The van der Waals surface area contributed by atoms with Crippen molar-refractivity contribution in [3.63, 3.8) is 0 Å². The maximum absolute atomic E-state index is 12.5. The minimum absolute atomic E-state index is 0.0115. The molecule has 1 aliphatic rings. The molecule has 0 aliphatic carbocycles. The Kier molecular flexibility index (Phi) is 7.44. The van der Waals surface area contributed by atoms with E-state index in [2.05, 4.69) is 41.4 Å². The summed E-state index contributed by atoms with van der Waals surface area (Å²) in [6.45, 7) is 7.55. The molecule has 3 rings (SSSR count). The number of fused-ring (bicyclic) bond motifs is 1. The first-order valence-electron chi connectivity index (χ1n) is 10.8. The van der Waals surface area contributed by atoms with Crippen LogP contribution in [0.1, 0.15) is 43.5 Å². The average Bonchev–Trinajstić information content (AvgIpc) is 2.77. The van der Waals surface area contributed by atoms with Crippen LogP contribution in [0.2, 0.25) is 0 Å². The SMILES string of the molecule is COc1cccc(CN2CCc3cc(OC)c(OC)cc3[C@@H]2[C@H](C)NC(=O)C(C)C)c1. The van der Waals surface area contributed by atoms with E-state index in [0.29, 0.717) is 5.75 Å². The smallest absolute Gasteiger partial charge is 0.222 e. The number of hydrogen-bond donors (Lipinski definition) is 1. The van der Waals surface area contributed by atoms with E-state index >= 15 is 0 Å². The number of nitrogens with one attached hydrogen (secondary N) is 1. The number of benzene rings is 2. The largest absolute Gasteiger partial charge is 0.497 e. The number of hydrogen-bond acceptors (Lipinski definition) is 5. The van der Waals surface area contributed by atoms with Gasteiger partial charge in [0.05, 0.1) is 27.4 Å². The van der Waals surface area contributed by atoms with Gasteiger partial charge < -0.3 is 19.5 Å². The van der Waals surface area contributed by atoms with Crippen molar-refractivity contribution >= 4 is 5.91 Å². The molecule has 2 aromatic carbocycles. The Morgan fingerprint density at radius 3 is 2.42 bits per heavy atom. The van der Waals surface area contributed by atoms with Gasteiger partial charge in [-0.2, -0.15) is 0 Å². The van der Waals surface area contributed by atoms with Gasteiger partial charge in [-0.25, -0.2) is 0 Å². The van der Waals surface area contributed by atoms with E-state index in [1.165, 1.54) is 16.7 Å². The summed E-state index contributed by atoms with van der Waals surface area (Å²) in [6.07, 6.45) is 0.904. The van der Waals surface area contributed by atoms with Gasteiger partial charge in [-0.1, -0.05) is 26.0 Å². The second kappa shape index (κ2) is 10.1. The molecular weight excluding hydrogens is 392 g/mol. The zero-order valence-electron chi connectivity index (χ0n) is 19.4. The fourth-order valence-corrected chi connectivity index (χ4v) is 4.27. The third kappa shape index (κ3) is 5.13. The highest BCUT2D eigenvalue weighted by Gasteiger charge is 2.34. The molecule has 0 aromatic heterocycles. The lowest BCUT2D eigenvalue weighted by atomic mass is 9.87. The van der Waals surface area contributed by atoms with Crippen molar-refractivity contribution in [2.45, 2.75) is 45.8 Å². The second-order valence-corrected chi connectivity index (χ2v) is 8.37. The predicted octanol–water partition coefficient (Wildman–Crippen LogP) is 3.97. The summed E-state index contributed by atoms with van der Waals surface area (Å²) in [6, 6.07) is 12.2. The van der Waals surface area contributed by atoms with Crippen LogP contribution in [0.25, 0.3) is 0 Å². The molecule has 0 saturated carbocycles. The Bertz CT molecular complexity index is 912. The van der Waals surface area contributed by atoms with Gasteiger partial charge in [0.15, 0.2) is 11.5 Å². The summed E-state index contributed by atoms with van der Waals surface area (Å²) in [5, 5.41) is 3.22. The van der Waals surface area contributed by atoms with E-state index in [0.717, 1.165) is 31.0 Å². The molecule has 2 atom stereocenters. The van der Waals surface area contributed by atoms with Crippen molar-refractivity contribution < 1.29 is 19.0 Å². The Labute approximate surface area is 185 Å². The molecule has 0 spiro atoms. The quantitative estimate of drug-likeness (QED) is 0.692. The Morgan fingerprint density at radius 1 is 1.06 bits per heavy atom. The van der Waals surface area contributed by atoms with Crippen molar-refractivity contribution in [1.29, 1.82) is 0 Å². The summed E-state index contributed by atoms with van der Waals surface area (Å²) < 4.78 is 16.5. The van der Waals surface area contributed by atoms with Gasteiger partial charge in [0, 0.05) is 25.0 Å². The van der Waals surface area contributed by atoms with Crippen LogP contribution in [0.4, 0.5) is 0 Å². The van der Waals surface area contributed by atoms with Crippen molar-refractivity contribution in [1.82, 2.24) is 10.2 Å². The normalized spacial score (nSPS) is 17.1. The molecular formula is C25H34N2O4. The van der Waals surface area contributed by atoms with E-state index in [9.17, 15) is 4.79 Å². The number of carbonyl (C=O) groups excluding carboxylic acids is 1. The molecule has 0 unspecified atom stereocenters. The van der Waals surface area contributed by atoms with E-state index in [4.69, 9.17) is 14.2 Å². The molecule has 1 aliphatic heterocycles. The standard InChI is InChI=1S/C25H34N2O4/c1-16(2)25(28)26-17(3)24-21-14-23(31-6)22(30-5)13-19(21)10-11-27(24)15-18-8-7-9-20(12-18)29-4/h7-9,12-14,16-17,24H,10-11,15H2,1-6H3,(H,26,28)/t17-,24-/m0/s1. The summed E-state index contributed by atoms with van der Waals surface area (Å²) in [5.41, 5.74) is 3.58. The van der Waals surface area contributed by atoms with E-state index in [1.807, 2.05) is 26.0 Å². The highest BCUT2D eigenvalue weighted by atomic mass is 16.5. The fourth-order valence-electron chi connectivity index (χ4n) is 4.27. The first-order valence-corrected chi connectivity index (χ1v) is 10.8. The monoisotopic (exact) mass is 426 g/mol. The summed E-state index contributed by atoms with van der Waals surface area (Å²) in [7, 11) is 4.99. The number of carbonyl (C=O) groups is 1. The van der Waals surface area contributed by atoms with Crippen molar-refractivity contribution in [2.75, 3.05) is 27.9 Å². The second-order valence-electron chi connectivity index (χ2n) is 8.37. The van der Waals surface area contributed by atoms with E-state index < -0.39 is 0 Å². The van der Waals surface area contributed by atoms with E-state index in [-0.39, 0.29) is 23.9 Å². The third-order valence-corrected chi connectivity index (χ3v) is 5.91. The first kappa shape index (κ1) is 22.9. The summed E-state index contributed by atoms with van der Waals surface area (Å²) in [4.78, 5) is 14.9. The molecule has 2 aromatic rings. The molecule has 6 heteroatoms. The highest BCUT2D eigenvalue weighted by Crippen LogP contribution is 2.40. The van der Waals surface area contributed by atoms with Crippen LogP contribution in [0.15, 0.2) is 36.4 Å². The zero-order chi connectivity index (χ0) is 22.5. The number of methoxy groups -OCH3 is 3. The molecule has 1 N–H and O–H groups in total. The van der Waals surface area contributed by atoms with Crippen LogP contribution in [0.5, 0.6) is 17.2 Å². The summed E-state index contributed by atoms with van der Waals surface area (Å²) in [5.74, 6) is 2.28. The number of ether oxygens (including phenoxy) is 3. The van der Waals surface area contributed by atoms with Gasteiger partial charge in [-0.15, -0.1) is 0 Å². The number of nitrogens with zero attached hydrogens (tertiary/aromatic N) is 1.